The molecule has 1 unspecified atom stereocenters. The molecule has 0 saturated carbocycles. The molecule has 0 amide bonds. The summed E-state index contributed by atoms with van der Waals surface area (Å²) < 4.78 is 6.29. The van der Waals surface area contributed by atoms with E-state index in [4.69, 9.17) is 9.84 Å². The molecule has 2 aromatic rings. The number of nitrogens with zero attached hydrogens (tertiary/aromatic N) is 2. The quantitative estimate of drug-likeness (QED) is 0.488. The molecule has 9 nitrogen and oxygen atoms in total. The average Bonchev–Trinajstić information content (AvgIpc) is 2.74. The first-order valence-electron chi connectivity index (χ1n) is 6.26. The van der Waals surface area contributed by atoms with Crippen molar-refractivity contribution in [1.29, 1.82) is 0 Å². The first kappa shape index (κ1) is 13.9. The Hall–Kier alpha value is -2.07. The summed E-state index contributed by atoms with van der Waals surface area (Å²) in [5, 5.41) is 29.1. The maximum atomic E-state index is 12.0. The second kappa shape index (κ2) is 5.04. The summed E-state index contributed by atoms with van der Waals surface area (Å²) in [5.74, 6) is 0. The van der Waals surface area contributed by atoms with E-state index in [1.807, 2.05) is 0 Å². The summed E-state index contributed by atoms with van der Waals surface area (Å²) in [6.45, 7) is -0.488. The summed E-state index contributed by atoms with van der Waals surface area (Å²) in [7, 11) is 0. The van der Waals surface area contributed by atoms with E-state index in [-0.39, 0.29) is 11.2 Å². The number of aromatic amines is 1. The lowest BCUT2D eigenvalue weighted by Gasteiger charge is -2.17. The van der Waals surface area contributed by atoms with Crippen LogP contribution in [0.4, 0.5) is 0 Å². The zero-order valence-electron chi connectivity index (χ0n) is 10.7. The fraction of sp³-hybridized carbons (Fsp3) is 0.417. The molecule has 9 heteroatoms. The van der Waals surface area contributed by atoms with Gasteiger partial charge in [0.25, 0.3) is 0 Å². The molecule has 4 atom stereocenters. The lowest BCUT2D eigenvalue weighted by molar-refractivity contribution is -0.0547. The van der Waals surface area contributed by atoms with Gasteiger partial charge < -0.3 is 25.0 Å². The molecule has 4 N–H and O–H groups in total. The largest absolute Gasteiger partial charge is 0.394 e. The van der Waals surface area contributed by atoms with Crippen LogP contribution in [0.15, 0.2) is 27.9 Å². The number of nitrogens with one attached hydrogen (secondary N) is 1. The number of aliphatic hydroxyl groups excluding tert-OH is 3. The van der Waals surface area contributed by atoms with Crippen LogP contribution in [0.25, 0.3) is 11.0 Å². The maximum absolute atomic E-state index is 12.0. The SMILES string of the molecule is O=c1ccc2cn(C3O[C@H](CO)[C@@H](O)[C@H]3O)c(=O)nc2[nH]1. The van der Waals surface area contributed by atoms with Crippen LogP contribution in [-0.2, 0) is 4.74 Å². The third kappa shape index (κ3) is 2.25. The van der Waals surface area contributed by atoms with Crippen LogP contribution in [-0.4, -0.2) is 54.8 Å². The molecule has 2 aromatic heterocycles. The Labute approximate surface area is 117 Å². The maximum Gasteiger partial charge on any atom is 0.351 e. The second-order valence-electron chi connectivity index (χ2n) is 4.79. The van der Waals surface area contributed by atoms with Crippen LogP contribution in [0, 0.1) is 0 Å². The Kier molecular flexibility index (Phi) is 3.33. The molecule has 21 heavy (non-hydrogen) atoms. The minimum absolute atomic E-state index is 0.121. The minimum atomic E-state index is -1.37. The summed E-state index contributed by atoms with van der Waals surface area (Å²) in [4.78, 5) is 29.3. The smallest absolute Gasteiger partial charge is 0.351 e. The van der Waals surface area contributed by atoms with Gasteiger partial charge in [0.15, 0.2) is 6.23 Å². The lowest BCUT2D eigenvalue weighted by atomic mass is 10.1. The molecule has 1 aliphatic rings. The van der Waals surface area contributed by atoms with Gasteiger partial charge in [0.2, 0.25) is 5.56 Å². The molecule has 0 spiro atoms. The molecule has 0 radical (unpaired) electrons. The topological polar surface area (TPSA) is 138 Å². The molecule has 0 aromatic carbocycles. The normalized spacial score (nSPS) is 29.1. The summed E-state index contributed by atoms with van der Waals surface area (Å²) in [6.07, 6.45) is -3.46. The van der Waals surface area contributed by atoms with Crippen LogP contribution >= 0.6 is 0 Å². The molecule has 1 fully saturated rings. The highest BCUT2D eigenvalue weighted by molar-refractivity contribution is 5.72. The third-order valence-corrected chi connectivity index (χ3v) is 3.43. The van der Waals surface area contributed by atoms with Crippen molar-refractivity contribution in [2.45, 2.75) is 24.5 Å². The zero-order chi connectivity index (χ0) is 15.1. The molecule has 3 heterocycles. The molecule has 1 aliphatic heterocycles. The molecular weight excluding hydrogens is 282 g/mol. The van der Waals surface area contributed by atoms with Crippen molar-refractivity contribution in [2.75, 3.05) is 6.61 Å². The lowest BCUT2D eigenvalue weighted by Crippen LogP contribution is -2.36. The Bertz CT molecular complexity index is 784. The Morgan fingerprint density at radius 3 is 2.71 bits per heavy atom. The van der Waals surface area contributed by atoms with Crippen LogP contribution in [0.2, 0.25) is 0 Å². The van der Waals surface area contributed by atoms with E-state index in [0.717, 1.165) is 4.57 Å². The number of rotatable bonds is 2. The van der Waals surface area contributed by atoms with Crippen molar-refractivity contribution in [1.82, 2.24) is 14.5 Å². The number of hydrogen-bond donors (Lipinski definition) is 4. The number of pyridine rings is 1. The Morgan fingerprint density at radius 2 is 2.05 bits per heavy atom. The molecule has 3 rings (SSSR count). The van der Waals surface area contributed by atoms with Crippen molar-refractivity contribution < 1.29 is 20.1 Å². The van der Waals surface area contributed by atoms with Gasteiger partial charge in [-0.05, 0) is 6.07 Å². The van der Waals surface area contributed by atoms with Crippen molar-refractivity contribution in [2.24, 2.45) is 0 Å². The van der Waals surface area contributed by atoms with Gasteiger partial charge in [-0.1, -0.05) is 0 Å². The van der Waals surface area contributed by atoms with Gasteiger partial charge in [-0.2, -0.15) is 4.98 Å². The average molecular weight is 295 g/mol. The van der Waals surface area contributed by atoms with Crippen LogP contribution in [0.3, 0.4) is 0 Å². The fourth-order valence-corrected chi connectivity index (χ4v) is 2.32. The number of fused-ring (bicyclic) bond motifs is 1. The predicted octanol–water partition coefficient (Wildman–Crippen LogP) is -2.30. The minimum Gasteiger partial charge on any atom is -0.394 e. The number of ether oxygens (including phenoxy) is 1. The van der Waals surface area contributed by atoms with Gasteiger partial charge in [-0.15, -0.1) is 0 Å². The standard InChI is InChI=1S/C12H13N3O6/c16-4-6-8(18)9(19)11(21-6)15-3-5-1-2-7(17)13-10(5)14-12(15)20/h1-3,6,8-9,11,16,18-19H,4H2,(H,13,14,17,20)/t6-,8-,9-,11?/m1/s1. The van der Waals surface area contributed by atoms with Gasteiger partial charge in [0.1, 0.15) is 24.0 Å². The van der Waals surface area contributed by atoms with Gasteiger partial charge in [-0.25, -0.2) is 4.79 Å². The highest BCUT2D eigenvalue weighted by Gasteiger charge is 2.43. The fourth-order valence-electron chi connectivity index (χ4n) is 2.32. The van der Waals surface area contributed by atoms with Gasteiger partial charge in [-0.3, -0.25) is 9.36 Å². The molecule has 0 bridgehead atoms. The number of aromatic nitrogens is 3. The first-order valence-corrected chi connectivity index (χ1v) is 6.26. The van der Waals surface area contributed by atoms with Gasteiger partial charge in [0, 0.05) is 17.6 Å². The second-order valence-corrected chi connectivity index (χ2v) is 4.79. The van der Waals surface area contributed by atoms with Crippen molar-refractivity contribution in [3.63, 3.8) is 0 Å². The first-order chi connectivity index (χ1) is 10.0. The Morgan fingerprint density at radius 1 is 1.29 bits per heavy atom. The highest BCUT2D eigenvalue weighted by atomic mass is 16.6. The summed E-state index contributed by atoms with van der Waals surface area (Å²) >= 11 is 0. The van der Waals surface area contributed by atoms with E-state index in [0.29, 0.717) is 5.39 Å². The summed E-state index contributed by atoms with van der Waals surface area (Å²) in [5.41, 5.74) is -1.02. The molecule has 1 saturated heterocycles. The zero-order valence-corrected chi connectivity index (χ0v) is 10.7. The third-order valence-electron chi connectivity index (χ3n) is 3.43. The van der Waals surface area contributed by atoms with Gasteiger partial charge in [0.05, 0.1) is 6.61 Å². The van der Waals surface area contributed by atoms with E-state index >= 15 is 0 Å². The van der Waals surface area contributed by atoms with E-state index < -0.39 is 36.8 Å². The van der Waals surface area contributed by atoms with Crippen LogP contribution in [0.5, 0.6) is 0 Å². The summed E-state index contributed by atoms with van der Waals surface area (Å²) in [6, 6.07) is 2.74. The number of H-pyrrole nitrogens is 1. The van der Waals surface area contributed by atoms with Crippen LogP contribution in [0.1, 0.15) is 6.23 Å². The Balaban J connectivity index is 2.09. The van der Waals surface area contributed by atoms with E-state index in [1.54, 1.807) is 0 Å². The van der Waals surface area contributed by atoms with E-state index in [1.165, 1.54) is 18.3 Å². The number of aliphatic hydroxyl groups is 3. The molecule has 112 valence electrons. The molecule has 0 aliphatic carbocycles. The highest BCUT2D eigenvalue weighted by Crippen LogP contribution is 2.28. The monoisotopic (exact) mass is 295 g/mol. The van der Waals surface area contributed by atoms with Gasteiger partial charge >= 0.3 is 5.69 Å². The van der Waals surface area contributed by atoms with Crippen molar-refractivity contribution in [3.05, 3.63) is 39.2 Å². The van der Waals surface area contributed by atoms with Crippen LogP contribution < -0.4 is 11.2 Å². The molecular formula is C12H13N3O6. The van der Waals surface area contributed by atoms with E-state index in [9.17, 15) is 19.8 Å². The predicted molar refractivity (Wildman–Crippen MR) is 69.6 cm³/mol. The van der Waals surface area contributed by atoms with Crippen molar-refractivity contribution >= 4 is 11.0 Å². The number of hydrogen-bond acceptors (Lipinski definition) is 7. The van der Waals surface area contributed by atoms with Crippen molar-refractivity contribution in [3.8, 4) is 0 Å². The van der Waals surface area contributed by atoms with E-state index in [2.05, 4.69) is 9.97 Å².